The van der Waals surface area contributed by atoms with Gasteiger partial charge in [0, 0.05) is 24.4 Å². The van der Waals surface area contributed by atoms with Gasteiger partial charge in [0.15, 0.2) is 0 Å². The maximum atomic E-state index is 10.8. The van der Waals surface area contributed by atoms with Crippen molar-refractivity contribution in [3.05, 3.63) is 42.1 Å². The average Bonchev–Trinajstić information content (AvgIpc) is 2.39. The van der Waals surface area contributed by atoms with E-state index in [0.717, 1.165) is 16.5 Å². The number of esters is 1. The van der Waals surface area contributed by atoms with Crippen LogP contribution < -0.4 is 0 Å². The maximum absolute atomic E-state index is 10.8. The second kappa shape index (κ2) is 5.60. The lowest BCUT2D eigenvalue weighted by Gasteiger charge is -2.16. The van der Waals surface area contributed by atoms with Gasteiger partial charge in [-0.25, -0.2) is 0 Å². The Morgan fingerprint density at radius 3 is 2.89 bits per heavy atom. The molecule has 1 N–H and O–H groups in total. The highest BCUT2D eigenvalue weighted by Crippen LogP contribution is 2.24. The van der Waals surface area contributed by atoms with Gasteiger partial charge in [0.25, 0.3) is 0 Å². The topological polar surface area (TPSA) is 59.4 Å². The molecule has 0 radical (unpaired) electrons. The molecule has 4 nitrogen and oxygen atoms in total. The molecule has 0 bridgehead atoms. The Bertz CT molecular complexity index is 548. The molecule has 0 saturated heterocycles. The third-order valence-electron chi connectivity index (χ3n) is 2.83. The molecular formula is C14H15NO3. The summed E-state index contributed by atoms with van der Waals surface area (Å²) < 4.78 is 4.98. The van der Waals surface area contributed by atoms with Crippen LogP contribution in [-0.2, 0) is 9.53 Å². The molecular weight excluding hydrogens is 230 g/mol. The number of pyridine rings is 1. The molecule has 0 unspecified atom stereocenters. The predicted molar refractivity (Wildman–Crippen MR) is 68.2 cm³/mol. The van der Waals surface area contributed by atoms with Crippen molar-refractivity contribution in [2.45, 2.75) is 12.8 Å². The first-order valence-corrected chi connectivity index (χ1v) is 5.80. The van der Waals surface area contributed by atoms with Crippen LogP contribution in [0.3, 0.4) is 0 Å². The molecule has 0 spiro atoms. The summed E-state index contributed by atoms with van der Waals surface area (Å²) >= 11 is 0. The first-order valence-electron chi connectivity index (χ1n) is 5.80. The Morgan fingerprint density at radius 2 is 2.17 bits per heavy atom. The smallest absolute Gasteiger partial charge is 0.302 e. The fourth-order valence-electron chi connectivity index (χ4n) is 1.93. The Hall–Kier alpha value is -1.94. The summed E-state index contributed by atoms with van der Waals surface area (Å²) in [4.78, 5) is 15.1. The summed E-state index contributed by atoms with van der Waals surface area (Å²) in [6, 6.07) is 9.56. The minimum absolute atomic E-state index is 0.0682. The van der Waals surface area contributed by atoms with Crippen LogP contribution in [0.2, 0.25) is 0 Å². The van der Waals surface area contributed by atoms with Crippen molar-refractivity contribution in [1.29, 1.82) is 0 Å². The number of aliphatic hydroxyl groups is 1. The van der Waals surface area contributed by atoms with Crippen molar-refractivity contribution in [2.24, 2.45) is 0 Å². The number of carbonyl (C=O) groups is 1. The molecule has 0 fully saturated rings. The largest absolute Gasteiger partial charge is 0.465 e. The van der Waals surface area contributed by atoms with Crippen LogP contribution >= 0.6 is 0 Å². The van der Waals surface area contributed by atoms with Crippen LogP contribution in [0.25, 0.3) is 10.9 Å². The number of carbonyl (C=O) groups excluding carboxylic acids is 1. The number of hydrogen-bond donors (Lipinski definition) is 1. The number of benzene rings is 1. The lowest BCUT2D eigenvalue weighted by atomic mass is 9.97. The van der Waals surface area contributed by atoms with Gasteiger partial charge in [0.1, 0.15) is 6.61 Å². The zero-order valence-electron chi connectivity index (χ0n) is 10.2. The predicted octanol–water partition coefficient (Wildman–Crippen LogP) is 1.87. The van der Waals surface area contributed by atoms with E-state index in [-0.39, 0.29) is 25.1 Å². The third kappa shape index (κ3) is 2.65. The zero-order chi connectivity index (χ0) is 13.0. The monoisotopic (exact) mass is 245 g/mol. The number of aliphatic hydroxyl groups excluding tert-OH is 1. The van der Waals surface area contributed by atoms with Crippen molar-refractivity contribution in [3.63, 3.8) is 0 Å². The molecule has 0 aliphatic rings. The molecule has 1 heterocycles. The van der Waals surface area contributed by atoms with Crippen LogP contribution in [0.1, 0.15) is 18.4 Å². The van der Waals surface area contributed by atoms with Crippen LogP contribution in [0.4, 0.5) is 0 Å². The molecule has 94 valence electrons. The molecule has 4 heteroatoms. The second-order valence-corrected chi connectivity index (χ2v) is 4.10. The van der Waals surface area contributed by atoms with Crippen LogP contribution in [0, 0.1) is 0 Å². The summed E-state index contributed by atoms with van der Waals surface area (Å²) in [5.41, 5.74) is 1.82. The number of aromatic nitrogens is 1. The number of nitrogens with zero attached hydrogens (tertiary/aromatic N) is 1. The number of rotatable bonds is 4. The van der Waals surface area contributed by atoms with Gasteiger partial charge in [-0.1, -0.05) is 18.2 Å². The van der Waals surface area contributed by atoms with E-state index in [2.05, 4.69) is 4.98 Å². The van der Waals surface area contributed by atoms with Crippen LogP contribution in [0.5, 0.6) is 0 Å². The van der Waals surface area contributed by atoms with E-state index < -0.39 is 0 Å². The highest BCUT2D eigenvalue weighted by atomic mass is 16.5. The molecule has 0 aliphatic carbocycles. The lowest BCUT2D eigenvalue weighted by molar-refractivity contribution is -0.141. The van der Waals surface area contributed by atoms with Gasteiger partial charge in [-0.3, -0.25) is 9.78 Å². The maximum Gasteiger partial charge on any atom is 0.302 e. The summed E-state index contributed by atoms with van der Waals surface area (Å²) in [6.45, 7) is 1.47. The van der Waals surface area contributed by atoms with E-state index in [9.17, 15) is 9.90 Å². The number of fused-ring (bicyclic) bond motifs is 1. The zero-order valence-corrected chi connectivity index (χ0v) is 10.2. The molecule has 18 heavy (non-hydrogen) atoms. The van der Waals surface area contributed by atoms with Crippen LogP contribution in [-0.4, -0.2) is 29.3 Å². The normalized spacial score (nSPS) is 12.3. The lowest BCUT2D eigenvalue weighted by Crippen LogP contribution is -2.14. The number of para-hydroxylation sites is 1. The van der Waals surface area contributed by atoms with E-state index in [0.29, 0.717) is 0 Å². The van der Waals surface area contributed by atoms with E-state index in [1.165, 1.54) is 6.92 Å². The molecule has 0 saturated carbocycles. The van der Waals surface area contributed by atoms with Crippen molar-refractivity contribution in [1.82, 2.24) is 4.98 Å². The highest BCUT2D eigenvalue weighted by Gasteiger charge is 2.15. The van der Waals surface area contributed by atoms with Gasteiger partial charge in [-0.2, -0.15) is 0 Å². The Labute approximate surface area is 105 Å². The van der Waals surface area contributed by atoms with E-state index in [4.69, 9.17) is 4.74 Å². The standard InChI is InChI=1S/C14H15NO3/c1-10(17)18-9-11(8-16)12-6-7-15-14-5-3-2-4-13(12)14/h2-7,11,16H,8-9H2,1H3/t11-/m0/s1. The Kier molecular flexibility index (Phi) is 3.89. The molecule has 1 aromatic carbocycles. The quantitative estimate of drug-likeness (QED) is 0.835. The first-order chi connectivity index (χ1) is 8.72. The average molecular weight is 245 g/mol. The summed E-state index contributed by atoms with van der Waals surface area (Å²) in [5, 5.41) is 10.4. The minimum Gasteiger partial charge on any atom is -0.465 e. The molecule has 1 atom stereocenters. The Balaban J connectivity index is 2.35. The minimum atomic E-state index is -0.341. The molecule has 1 aromatic heterocycles. The van der Waals surface area contributed by atoms with Gasteiger partial charge in [-0.05, 0) is 17.7 Å². The van der Waals surface area contributed by atoms with Crippen molar-refractivity contribution in [2.75, 3.05) is 13.2 Å². The van der Waals surface area contributed by atoms with Gasteiger partial charge >= 0.3 is 5.97 Å². The van der Waals surface area contributed by atoms with Crippen molar-refractivity contribution >= 4 is 16.9 Å². The fourth-order valence-corrected chi connectivity index (χ4v) is 1.93. The van der Waals surface area contributed by atoms with Crippen molar-refractivity contribution < 1.29 is 14.6 Å². The van der Waals surface area contributed by atoms with Gasteiger partial charge in [0.2, 0.25) is 0 Å². The van der Waals surface area contributed by atoms with Gasteiger partial charge in [-0.15, -0.1) is 0 Å². The van der Waals surface area contributed by atoms with Crippen molar-refractivity contribution in [3.8, 4) is 0 Å². The van der Waals surface area contributed by atoms with Gasteiger partial charge in [0.05, 0.1) is 12.1 Å². The molecule has 0 amide bonds. The van der Waals surface area contributed by atoms with Crippen LogP contribution in [0.15, 0.2) is 36.5 Å². The first kappa shape index (κ1) is 12.5. The number of hydrogen-bond acceptors (Lipinski definition) is 4. The second-order valence-electron chi connectivity index (χ2n) is 4.10. The summed E-state index contributed by atoms with van der Waals surface area (Å²) in [7, 11) is 0. The number of ether oxygens (including phenoxy) is 1. The van der Waals surface area contributed by atoms with E-state index in [1.54, 1.807) is 6.20 Å². The summed E-state index contributed by atoms with van der Waals surface area (Å²) in [5.74, 6) is -0.561. The third-order valence-corrected chi connectivity index (χ3v) is 2.83. The highest BCUT2D eigenvalue weighted by molar-refractivity contribution is 5.82. The molecule has 2 rings (SSSR count). The Morgan fingerprint density at radius 1 is 1.39 bits per heavy atom. The SMILES string of the molecule is CC(=O)OC[C@H](CO)c1ccnc2ccccc12. The van der Waals surface area contributed by atoms with Gasteiger partial charge < -0.3 is 9.84 Å². The summed E-state index contributed by atoms with van der Waals surface area (Å²) in [6.07, 6.45) is 1.70. The molecule has 0 aliphatic heterocycles. The fraction of sp³-hybridized carbons (Fsp3) is 0.286. The molecule has 2 aromatic rings. The van der Waals surface area contributed by atoms with E-state index in [1.807, 2.05) is 30.3 Å². The van der Waals surface area contributed by atoms with E-state index >= 15 is 0 Å².